The molecule has 0 bridgehead atoms. The first-order valence-corrected chi connectivity index (χ1v) is 8.08. The largest absolute Gasteiger partial charge is 0.369 e. The molecule has 114 valence electrons. The van der Waals surface area contributed by atoms with Gasteiger partial charge >= 0.3 is 0 Å². The number of imidazole rings is 1. The number of fused-ring (bicyclic) bond motifs is 1. The van der Waals surface area contributed by atoms with E-state index in [0.717, 1.165) is 36.8 Å². The van der Waals surface area contributed by atoms with Gasteiger partial charge in [-0.15, -0.1) is 0 Å². The Labute approximate surface area is 126 Å². The first-order valence-electron chi connectivity index (χ1n) is 8.08. The van der Waals surface area contributed by atoms with Gasteiger partial charge in [0.05, 0.1) is 6.20 Å². The van der Waals surface area contributed by atoms with E-state index in [4.69, 9.17) is 4.98 Å². The number of aromatic nitrogens is 3. The Kier molecular flexibility index (Phi) is 3.99. The Morgan fingerprint density at radius 1 is 1.24 bits per heavy atom. The highest BCUT2D eigenvalue weighted by Gasteiger charge is 2.41. The normalized spacial score (nSPS) is 16.1. The third-order valence-corrected chi connectivity index (χ3v) is 4.30. The van der Waals surface area contributed by atoms with E-state index in [9.17, 15) is 0 Å². The van der Waals surface area contributed by atoms with E-state index in [-0.39, 0.29) is 0 Å². The number of rotatable bonds is 8. The van der Waals surface area contributed by atoms with Gasteiger partial charge in [-0.3, -0.25) is 0 Å². The summed E-state index contributed by atoms with van der Waals surface area (Å²) in [4.78, 5) is 9.11. The minimum atomic E-state index is 0.507. The molecule has 0 spiro atoms. The second-order valence-corrected chi connectivity index (χ2v) is 6.16. The van der Waals surface area contributed by atoms with Crippen LogP contribution in [0.4, 0.5) is 11.6 Å². The second kappa shape index (κ2) is 5.92. The molecular formula is C16H25N5. The molecular weight excluding hydrogens is 262 g/mol. The zero-order valence-electron chi connectivity index (χ0n) is 13.0. The fraction of sp³-hybridized carbons (Fsp3) is 0.625. The highest BCUT2D eigenvalue weighted by Crippen LogP contribution is 2.49. The Balaban J connectivity index is 1.77. The van der Waals surface area contributed by atoms with Gasteiger partial charge < -0.3 is 15.0 Å². The fourth-order valence-electron chi connectivity index (χ4n) is 2.88. The Hall–Kier alpha value is -1.78. The van der Waals surface area contributed by atoms with Crippen molar-refractivity contribution in [2.75, 3.05) is 23.7 Å². The molecule has 2 N–H and O–H groups in total. The summed E-state index contributed by atoms with van der Waals surface area (Å²) in [5.74, 6) is 1.80. The summed E-state index contributed by atoms with van der Waals surface area (Å²) >= 11 is 0. The molecule has 5 nitrogen and oxygen atoms in total. The second-order valence-electron chi connectivity index (χ2n) is 6.16. The van der Waals surface area contributed by atoms with Gasteiger partial charge in [0.2, 0.25) is 0 Å². The van der Waals surface area contributed by atoms with Crippen molar-refractivity contribution in [2.45, 2.75) is 46.0 Å². The predicted molar refractivity (Wildman–Crippen MR) is 86.8 cm³/mol. The van der Waals surface area contributed by atoms with Crippen LogP contribution in [0, 0.1) is 5.41 Å². The average molecular weight is 287 g/mol. The van der Waals surface area contributed by atoms with Crippen molar-refractivity contribution in [1.29, 1.82) is 0 Å². The van der Waals surface area contributed by atoms with E-state index in [0.29, 0.717) is 5.41 Å². The van der Waals surface area contributed by atoms with Crippen molar-refractivity contribution in [3.8, 4) is 0 Å². The van der Waals surface area contributed by atoms with E-state index in [1.807, 2.05) is 23.0 Å². The summed E-state index contributed by atoms with van der Waals surface area (Å²) in [5, 5.41) is 6.90. The summed E-state index contributed by atoms with van der Waals surface area (Å²) in [5.41, 5.74) is 1.41. The van der Waals surface area contributed by atoms with Gasteiger partial charge in [-0.1, -0.05) is 20.3 Å². The quantitative estimate of drug-likeness (QED) is 0.779. The van der Waals surface area contributed by atoms with Crippen LogP contribution in [0.3, 0.4) is 0 Å². The van der Waals surface area contributed by atoms with E-state index in [2.05, 4.69) is 29.5 Å². The zero-order valence-corrected chi connectivity index (χ0v) is 13.0. The third kappa shape index (κ3) is 3.12. The third-order valence-electron chi connectivity index (χ3n) is 4.30. The van der Waals surface area contributed by atoms with Crippen LogP contribution in [-0.4, -0.2) is 27.5 Å². The molecule has 5 heteroatoms. The molecule has 0 unspecified atom stereocenters. The highest BCUT2D eigenvalue weighted by atomic mass is 15.1. The Morgan fingerprint density at radius 3 is 2.81 bits per heavy atom. The van der Waals surface area contributed by atoms with E-state index in [1.165, 1.54) is 25.7 Å². The summed E-state index contributed by atoms with van der Waals surface area (Å²) in [6.45, 7) is 6.37. The summed E-state index contributed by atoms with van der Waals surface area (Å²) in [7, 11) is 0. The molecule has 2 aromatic heterocycles. The molecule has 1 aliphatic rings. The van der Waals surface area contributed by atoms with Gasteiger partial charge in [0.1, 0.15) is 5.82 Å². The molecule has 0 aromatic carbocycles. The van der Waals surface area contributed by atoms with Crippen LogP contribution in [0.15, 0.2) is 18.6 Å². The molecule has 2 aromatic rings. The van der Waals surface area contributed by atoms with Gasteiger partial charge in [0.25, 0.3) is 0 Å². The number of nitrogens with zero attached hydrogens (tertiary/aromatic N) is 3. The van der Waals surface area contributed by atoms with Gasteiger partial charge in [-0.25, -0.2) is 9.97 Å². The number of anilines is 2. The monoisotopic (exact) mass is 287 g/mol. The fourth-order valence-corrected chi connectivity index (χ4v) is 2.88. The lowest BCUT2D eigenvalue weighted by molar-refractivity contribution is 0.485. The number of nitrogens with one attached hydrogen (secondary N) is 2. The van der Waals surface area contributed by atoms with Crippen LogP contribution in [-0.2, 0) is 0 Å². The van der Waals surface area contributed by atoms with Crippen molar-refractivity contribution in [3.05, 3.63) is 18.6 Å². The summed E-state index contributed by atoms with van der Waals surface area (Å²) < 4.78 is 2.03. The molecule has 0 atom stereocenters. The van der Waals surface area contributed by atoms with Gasteiger partial charge in [0.15, 0.2) is 11.5 Å². The maximum atomic E-state index is 4.70. The van der Waals surface area contributed by atoms with Crippen molar-refractivity contribution in [3.63, 3.8) is 0 Å². The molecule has 0 amide bonds. The van der Waals surface area contributed by atoms with E-state index < -0.39 is 0 Å². The van der Waals surface area contributed by atoms with Crippen molar-refractivity contribution in [2.24, 2.45) is 5.41 Å². The maximum absolute atomic E-state index is 4.70. The highest BCUT2D eigenvalue weighted by molar-refractivity contribution is 5.65. The number of hydrogen-bond donors (Lipinski definition) is 2. The van der Waals surface area contributed by atoms with Gasteiger partial charge in [-0.05, 0) is 31.1 Å². The van der Waals surface area contributed by atoms with Crippen molar-refractivity contribution >= 4 is 17.3 Å². The van der Waals surface area contributed by atoms with Crippen molar-refractivity contribution < 1.29 is 0 Å². The first kappa shape index (κ1) is 14.2. The van der Waals surface area contributed by atoms with Crippen LogP contribution in [0.5, 0.6) is 0 Å². The standard InChI is InChI=1S/C16H25N5/c1-3-5-16(6-7-16)12-19-14-15-18-9-10-21(15)11-13(20-14)17-8-4-2/h9-11,17H,3-8,12H2,1-2H3,(H,19,20). The molecule has 0 saturated heterocycles. The molecule has 0 radical (unpaired) electrons. The van der Waals surface area contributed by atoms with E-state index >= 15 is 0 Å². The Morgan fingerprint density at radius 2 is 2.10 bits per heavy atom. The molecule has 1 fully saturated rings. The average Bonchev–Trinajstić information content (AvgIpc) is 3.09. The molecule has 1 saturated carbocycles. The minimum absolute atomic E-state index is 0.507. The molecule has 21 heavy (non-hydrogen) atoms. The predicted octanol–water partition coefficient (Wildman–Crippen LogP) is 3.54. The smallest absolute Gasteiger partial charge is 0.180 e. The van der Waals surface area contributed by atoms with Crippen LogP contribution in [0.1, 0.15) is 46.0 Å². The van der Waals surface area contributed by atoms with Crippen LogP contribution >= 0.6 is 0 Å². The maximum Gasteiger partial charge on any atom is 0.180 e. The SMILES string of the molecule is CCCNc1cn2ccnc2c(NCC2(CCC)CC2)n1. The number of hydrogen-bond acceptors (Lipinski definition) is 4. The Bertz CT molecular complexity index is 600. The van der Waals surface area contributed by atoms with Crippen LogP contribution in [0.25, 0.3) is 5.65 Å². The van der Waals surface area contributed by atoms with Crippen LogP contribution < -0.4 is 10.6 Å². The molecule has 2 heterocycles. The lowest BCUT2D eigenvalue weighted by atomic mass is 10.0. The molecule has 3 rings (SSSR count). The van der Waals surface area contributed by atoms with E-state index in [1.54, 1.807) is 0 Å². The summed E-state index contributed by atoms with van der Waals surface area (Å²) in [6, 6.07) is 0. The van der Waals surface area contributed by atoms with Gasteiger partial charge in [0, 0.05) is 25.5 Å². The lowest BCUT2D eigenvalue weighted by Gasteiger charge is -2.16. The summed E-state index contributed by atoms with van der Waals surface area (Å²) in [6.07, 6.45) is 12.1. The van der Waals surface area contributed by atoms with Crippen molar-refractivity contribution in [1.82, 2.24) is 14.4 Å². The lowest BCUT2D eigenvalue weighted by Crippen LogP contribution is -2.17. The molecule has 1 aliphatic carbocycles. The van der Waals surface area contributed by atoms with Crippen LogP contribution in [0.2, 0.25) is 0 Å². The topological polar surface area (TPSA) is 54.2 Å². The zero-order chi connectivity index (χ0) is 14.7. The first-order chi connectivity index (χ1) is 10.3. The van der Waals surface area contributed by atoms with Gasteiger partial charge in [-0.2, -0.15) is 0 Å². The minimum Gasteiger partial charge on any atom is -0.369 e. The molecule has 0 aliphatic heterocycles.